The quantitative estimate of drug-likeness (QED) is 0.775. The number of benzene rings is 2. The summed E-state index contributed by atoms with van der Waals surface area (Å²) in [5.41, 5.74) is 1.56. The van der Waals surface area contributed by atoms with E-state index < -0.39 is 0 Å². The third-order valence-corrected chi connectivity index (χ3v) is 3.89. The van der Waals surface area contributed by atoms with E-state index in [1.165, 1.54) is 13.2 Å². The Hall–Kier alpha value is -3.46. The number of carbonyl (C=O) groups is 1. The van der Waals surface area contributed by atoms with Gasteiger partial charge in [-0.05, 0) is 35.9 Å². The zero-order valence-corrected chi connectivity index (χ0v) is 14.3. The van der Waals surface area contributed by atoms with Gasteiger partial charge in [-0.2, -0.15) is 5.26 Å². The minimum atomic E-state index is -0.121. The van der Waals surface area contributed by atoms with Crippen LogP contribution < -0.4 is 19.1 Å². The van der Waals surface area contributed by atoms with E-state index in [0.717, 1.165) is 11.3 Å². The van der Waals surface area contributed by atoms with Crippen molar-refractivity contribution in [1.82, 2.24) is 0 Å². The smallest absolute Gasteiger partial charge is 0.251 e. The molecule has 0 fully saturated rings. The first kappa shape index (κ1) is 17.4. The van der Waals surface area contributed by atoms with Gasteiger partial charge in [0.05, 0.1) is 19.3 Å². The summed E-state index contributed by atoms with van der Waals surface area (Å²) >= 11 is 0. The number of nitrogens with zero attached hydrogens (tertiary/aromatic N) is 2. The first-order chi connectivity index (χ1) is 12.7. The summed E-state index contributed by atoms with van der Waals surface area (Å²) in [6.07, 6.45) is 3.24. The third-order valence-electron chi connectivity index (χ3n) is 3.89. The standard InChI is InChI=1S/C20H18N2O4/c1-24-19-14-15(6-8-18(19)25-12-10-21)7-9-20(23)22-11-13-26-17-5-3-2-4-16(17)22/h2-9,14H,11-13H2,1H3/b9-7+. The van der Waals surface area contributed by atoms with Crippen LogP contribution in [0.2, 0.25) is 0 Å². The van der Waals surface area contributed by atoms with Gasteiger partial charge < -0.3 is 19.1 Å². The summed E-state index contributed by atoms with van der Waals surface area (Å²) in [6.45, 7) is 0.917. The molecule has 2 aromatic carbocycles. The molecule has 6 heteroatoms. The molecular formula is C20H18N2O4. The van der Waals surface area contributed by atoms with Gasteiger partial charge in [-0.1, -0.05) is 18.2 Å². The van der Waals surface area contributed by atoms with E-state index in [1.54, 1.807) is 29.2 Å². The molecular weight excluding hydrogens is 332 g/mol. The zero-order chi connectivity index (χ0) is 18.4. The third kappa shape index (κ3) is 3.78. The second kappa shape index (κ2) is 8.08. The second-order valence-corrected chi connectivity index (χ2v) is 5.50. The van der Waals surface area contributed by atoms with Crippen LogP contribution >= 0.6 is 0 Å². The fourth-order valence-electron chi connectivity index (χ4n) is 2.67. The van der Waals surface area contributed by atoms with Gasteiger partial charge in [-0.15, -0.1) is 0 Å². The van der Waals surface area contributed by atoms with E-state index in [4.69, 9.17) is 19.5 Å². The van der Waals surface area contributed by atoms with Crippen molar-refractivity contribution in [1.29, 1.82) is 5.26 Å². The summed E-state index contributed by atoms with van der Waals surface area (Å²) in [5, 5.41) is 8.61. The van der Waals surface area contributed by atoms with Crippen LogP contribution in [0.4, 0.5) is 5.69 Å². The molecule has 1 heterocycles. The molecule has 0 radical (unpaired) electrons. The van der Waals surface area contributed by atoms with Crippen molar-refractivity contribution >= 4 is 17.7 Å². The van der Waals surface area contributed by atoms with Crippen LogP contribution in [-0.4, -0.2) is 32.8 Å². The lowest BCUT2D eigenvalue weighted by Gasteiger charge is -2.28. The lowest BCUT2D eigenvalue weighted by Crippen LogP contribution is -2.36. The lowest BCUT2D eigenvalue weighted by molar-refractivity contribution is -0.114. The molecule has 1 amide bonds. The number of carbonyl (C=O) groups excluding carboxylic acids is 1. The maximum atomic E-state index is 12.6. The lowest BCUT2D eigenvalue weighted by atomic mass is 10.1. The molecule has 0 aromatic heterocycles. The number of hydrogen-bond donors (Lipinski definition) is 0. The SMILES string of the molecule is COc1cc(/C=C/C(=O)N2CCOc3ccccc32)ccc1OCC#N. The number of fused-ring (bicyclic) bond motifs is 1. The highest BCUT2D eigenvalue weighted by molar-refractivity contribution is 6.05. The monoisotopic (exact) mass is 350 g/mol. The largest absolute Gasteiger partial charge is 0.493 e. The van der Waals surface area contributed by atoms with E-state index in [0.29, 0.717) is 30.4 Å². The van der Waals surface area contributed by atoms with E-state index in [-0.39, 0.29) is 12.5 Å². The molecule has 0 aliphatic carbocycles. The Morgan fingerprint density at radius 2 is 2.15 bits per heavy atom. The molecule has 0 saturated heterocycles. The maximum absolute atomic E-state index is 12.6. The van der Waals surface area contributed by atoms with Gasteiger partial charge in [-0.3, -0.25) is 4.79 Å². The fraction of sp³-hybridized carbons (Fsp3) is 0.200. The van der Waals surface area contributed by atoms with E-state index in [2.05, 4.69) is 0 Å². The second-order valence-electron chi connectivity index (χ2n) is 5.50. The first-order valence-corrected chi connectivity index (χ1v) is 8.12. The normalized spacial score (nSPS) is 12.8. The number of rotatable bonds is 5. The molecule has 0 unspecified atom stereocenters. The molecule has 1 aliphatic rings. The van der Waals surface area contributed by atoms with Crippen molar-refractivity contribution in [2.45, 2.75) is 0 Å². The molecule has 6 nitrogen and oxygen atoms in total. The predicted molar refractivity (Wildman–Crippen MR) is 97.4 cm³/mol. The highest BCUT2D eigenvalue weighted by Crippen LogP contribution is 2.31. The number of nitriles is 1. The predicted octanol–water partition coefficient (Wildman–Crippen LogP) is 3.04. The Bertz CT molecular complexity index is 870. The number of anilines is 1. The van der Waals surface area contributed by atoms with Gasteiger partial charge in [-0.25, -0.2) is 0 Å². The molecule has 132 valence electrons. The average Bonchev–Trinajstić information content (AvgIpc) is 2.70. The topological polar surface area (TPSA) is 71.8 Å². The van der Waals surface area contributed by atoms with Crippen LogP contribution in [0.15, 0.2) is 48.5 Å². The first-order valence-electron chi connectivity index (χ1n) is 8.12. The van der Waals surface area contributed by atoms with Gasteiger partial charge in [0.2, 0.25) is 0 Å². The molecule has 0 bridgehead atoms. The maximum Gasteiger partial charge on any atom is 0.251 e. The van der Waals surface area contributed by atoms with Crippen molar-refractivity contribution in [3.63, 3.8) is 0 Å². The van der Waals surface area contributed by atoms with Crippen LogP contribution in [0, 0.1) is 11.3 Å². The Labute approximate surface area is 151 Å². The Kier molecular flexibility index (Phi) is 5.40. The van der Waals surface area contributed by atoms with E-state index >= 15 is 0 Å². The molecule has 0 saturated carbocycles. The molecule has 2 aromatic rings. The Morgan fingerprint density at radius 1 is 1.31 bits per heavy atom. The minimum Gasteiger partial charge on any atom is -0.493 e. The Balaban J connectivity index is 1.76. The van der Waals surface area contributed by atoms with Crippen LogP contribution in [0.5, 0.6) is 17.2 Å². The van der Waals surface area contributed by atoms with Crippen molar-refractivity contribution in [2.75, 3.05) is 31.8 Å². The van der Waals surface area contributed by atoms with Crippen molar-refractivity contribution < 1.29 is 19.0 Å². The fourth-order valence-corrected chi connectivity index (χ4v) is 2.67. The summed E-state index contributed by atoms with van der Waals surface area (Å²) in [6, 6.07) is 14.7. The van der Waals surface area contributed by atoms with Crippen LogP contribution in [-0.2, 0) is 4.79 Å². The van der Waals surface area contributed by atoms with E-state index in [9.17, 15) is 4.79 Å². The van der Waals surface area contributed by atoms with Crippen molar-refractivity contribution in [3.8, 4) is 23.3 Å². The molecule has 0 N–H and O–H groups in total. The number of methoxy groups -OCH3 is 1. The summed E-state index contributed by atoms with van der Waals surface area (Å²) in [5.74, 6) is 1.58. The summed E-state index contributed by atoms with van der Waals surface area (Å²) in [7, 11) is 1.53. The van der Waals surface area contributed by atoms with Gasteiger partial charge >= 0.3 is 0 Å². The van der Waals surface area contributed by atoms with Crippen LogP contribution in [0.25, 0.3) is 6.08 Å². The van der Waals surface area contributed by atoms with Gasteiger partial charge in [0.25, 0.3) is 5.91 Å². The molecule has 26 heavy (non-hydrogen) atoms. The number of ether oxygens (including phenoxy) is 3. The zero-order valence-electron chi connectivity index (χ0n) is 14.3. The van der Waals surface area contributed by atoms with Crippen LogP contribution in [0.3, 0.4) is 0 Å². The van der Waals surface area contributed by atoms with Crippen LogP contribution in [0.1, 0.15) is 5.56 Å². The van der Waals surface area contributed by atoms with E-state index in [1.807, 2.05) is 30.3 Å². The molecule has 0 atom stereocenters. The van der Waals surface area contributed by atoms with Gasteiger partial charge in [0.15, 0.2) is 18.1 Å². The summed E-state index contributed by atoms with van der Waals surface area (Å²) < 4.78 is 16.1. The summed E-state index contributed by atoms with van der Waals surface area (Å²) in [4.78, 5) is 14.3. The van der Waals surface area contributed by atoms with Crippen molar-refractivity contribution in [2.24, 2.45) is 0 Å². The van der Waals surface area contributed by atoms with Gasteiger partial charge in [0, 0.05) is 6.08 Å². The molecule has 0 spiro atoms. The minimum absolute atomic E-state index is 0.0551. The van der Waals surface area contributed by atoms with Gasteiger partial charge in [0.1, 0.15) is 18.4 Å². The molecule has 1 aliphatic heterocycles. The van der Waals surface area contributed by atoms with Crippen molar-refractivity contribution in [3.05, 3.63) is 54.1 Å². The Morgan fingerprint density at radius 3 is 2.96 bits per heavy atom. The average molecular weight is 350 g/mol. The number of para-hydroxylation sites is 2. The highest BCUT2D eigenvalue weighted by atomic mass is 16.5. The number of hydrogen-bond acceptors (Lipinski definition) is 5. The highest BCUT2D eigenvalue weighted by Gasteiger charge is 2.21. The molecule has 3 rings (SSSR count). The number of amides is 1.